The highest BCUT2D eigenvalue weighted by atomic mass is 14.4. The molecule has 0 amide bonds. The maximum absolute atomic E-state index is 2.36. The highest BCUT2D eigenvalue weighted by Gasteiger charge is 2.33. The molecule has 2 saturated carbocycles. The molecule has 0 aromatic rings. The van der Waals surface area contributed by atoms with E-state index in [4.69, 9.17) is 0 Å². The van der Waals surface area contributed by atoms with Gasteiger partial charge in [-0.1, -0.05) is 26.2 Å². The summed E-state index contributed by atoms with van der Waals surface area (Å²) >= 11 is 0. The van der Waals surface area contributed by atoms with E-state index in [1.165, 1.54) is 19.3 Å². The summed E-state index contributed by atoms with van der Waals surface area (Å²) < 4.78 is 0. The first-order valence-electron chi connectivity index (χ1n) is 5.40. The van der Waals surface area contributed by atoms with E-state index in [2.05, 4.69) is 6.92 Å². The molecule has 2 rings (SSSR count). The molecule has 2 unspecified atom stereocenters. The highest BCUT2D eigenvalue weighted by molar-refractivity contribution is 4.84. The summed E-state index contributed by atoms with van der Waals surface area (Å²) in [5, 5.41) is 0. The van der Waals surface area contributed by atoms with Crippen LogP contribution in [-0.4, -0.2) is 0 Å². The Balaban J connectivity index is 1.87. The fraction of sp³-hybridized carbons (Fsp3) is 1.00. The van der Waals surface area contributed by atoms with E-state index in [1.807, 2.05) is 0 Å². The van der Waals surface area contributed by atoms with Gasteiger partial charge >= 0.3 is 0 Å². The smallest absolute Gasteiger partial charge is 0.0386 e. The maximum Gasteiger partial charge on any atom is -0.0386 e. The summed E-state index contributed by atoms with van der Waals surface area (Å²) in [6.07, 6.45) is 10.7. The molecule has 0 N–H and O–H groups in total. The number of hydrogen-bond acceptors (Lipinski definition) is 0. The van der Waals surface area contributed by atoms with Gasteiger partial charge in [-0.15, -0.1) is 0 Å². The third-order valence-corrected chi connectivity index (χ3v) is 4.04. The molecule has 0 saturated heterocycles. The lowest BCUT2D eigenvalue weighted by atomic mass is 9.71. The van der Waals surface area contributed by atoms with Crippen LogP contribution in [0.5, 0.6) is 0 Å². The van der Waals surface area contributed by atoms with Crippen molar-refractivity contribution in [2.45, 2.75) is 51.9 Å². The third-order valence-electron chi connectivity index (χ3n) is 4.04. The van der Waals surface area contributed by atoms with Crippen LogP contribution in [-0.2, 0) is 0 Å². The zero-order chi connectivity index (χ0) is 7.68. The van der Waals surface area contributed by atoms with Gasteiger partial charge in [0.05, 0.1) is 0 Å². The van der Waals surface area contributed by atoms with Gasteiger partial charge in [-0.25, -0.2) is 0 Å². The normalized spacial score (nSPS) is 43.9. The van der Waals surface area contributed by atoms with Crippen molar-refractivity contribution < 1.29 is 0 Å². The molecule has 0 bridgehead atoms. The predicted octanol–water partition coefficient (Wildman–Crippen LogP) is 3.61. The zero-order valence-electron chi connectivity index (χ0n) is 7.68. The molecule has 0 radical (unpaired) electrons. The van der Waals surface area contributed by atoms with E-state index in [0.29, 0.717) is 0 Å². The molecular weight excluding hydrogens is 132 g/mol. The van der Waals surface area contributed by atoms with E-state index in [0.717, 1.165) is 17.8 Å². The standard InChI is InChI=1S/C11H20/c1-2-9-3-5-10-7-8-11(10)6-4-9/h9-11H,2-8H2,1H3. The average Bonchev–Trinajstić information content (AvgIpc) is 2.11. The van der Waals surface area contributed by atoms with Crippen molar-refractivity contribution in [3.63, 3.8) is 0 Å². The molecule has 2 atom stereocenters. The molecule has 64 valence electrons. The van der Waals surface area contributed by atoms with Gasteiger partial charge in [-0.05, 0) is 43.4 Å². The van der Waals surface area contributed by atoms with Crippen molar-refractivity contribution >= 4 is 0 Å². The first-order chi connectivity index (χ1) is 5.40. The lowest BCUT2D eigenvalue weighted by Crippen LogP contribution is -2.23. The Morgan fingerprint density at radius 2 is 1.27 bits per heavy atom. The van der Waals surface area contributed by atoms with Crippen molar-refractivity contribution in [1.82, 2.24) is 0 Å². The minimum atomic E-state index is 1.08. The molecule has 11 heavy (non-hydrogen) atoms. The van der Waals surface area contributed by atoms with Gasteiger partial charge in [0, 0.05) is 0 Å². The molecular formula is C11H20. The minimum absolute atomic E-state index is 1.08. The minimum Gasteiger partial charge on any atom is -0.0651 e. The van der Waals surface area contributed by atoms with Crippen LogP contribution in [0.25, 0.3) is 0 Å². The quantitative estimate of drug-likeness (QED) is 0.538. The Bertz CT molecular complexity index is 114. The SMILES string of the molecule is CCC1CCC2CCC2CC1. The second kappa shape index (κ2) is 3.16. The topological polar surface area (TPSA) is 0 Å². The van der Waals surface area contributed by atoms with Crippen LogP contribution >= 0.6 is 0 Å². The lowest BCUT2D eigenvalue weighted by molar-refractivity contribution is 0.165. The molecule has 2 aliphatic carbocycles. The first kappa shape index (κ1) is 7.64. The largest absolute Gasteiger partial charge is 0.0651 e. The van der Waals surface area contributed by atoms with Crippen molar-refractivity contribution in [3.05, 3.63) is 0 Å². The highest BCUT2D eigenvalue weighted by Crippen LogP contribution is 2.45. The van der Waals surface area contributed by atoms with Crippen LogP contribution in [0.15, 0.2) is 0 Å². The molecule has 2 aliphatic rings. The van der Waals surface area contributed by atoms with Crippen LogP contribution < -0.4 is 0 Å². The van der Waals surface area contributed by atoms with Gasteiger partial charge < -0.3 is 0 Å². The zero-order valence-corrected chi connectivity index (χ0v) is 7.68. The fourth-order valence-corrected chi connectivity index (χ4v) is 2.85. The lowest BCUT2D eigenvalue weighted by Gasteiger charge is -2.35. The monoisotopic (exact) mass is 152 g/mol. The van der Waals surface area contributed by atoms with E-state index >= 15 is 0 Å². The molecule has 0 nitrogen and oxygen atoms in total. The fourth-order valence-electron chi connectivity index (χ4n) is 2.85. The van der Waals surface area contributed by atoms with E-state index in [9.17, 15) is 0 Å². The Morgan fingerprint density at radius 3 is 1.64 bits per heavy atom. The summed E-state index contributed by atoms with van der Waals surface area (Å²) in [6.45, 7) is 2.36. The van der Waals surface area contributed by atoms with Crippen molar-refractivity contribution in [3.8, 4) is 0 Å². The number of hydrogen-bond donors (Lipinski definition) is 0. The molecule has 0 heteroatoms. The Hall–Kier alpha value is 0. The molecule has 2 fully saturated rings. The van der Waals surface area contributed by atoms with Crippen LogP contribution in [0.4, 0.5) is 0 Å². The molecule has 0 heterocycles. The maximum atomic E-state index is 2.36. The molecule has 0 spiro atoms. The first-order valence-corrected chi connectivity index (χ1v) is 5.40. The van der Waals surface area contributed by atoms with Crippen molar-refractivity contribution in [1.29, 1.82) is 0 Å². The van der Waals surface area contributed by atoms with Gasteiger partial charge in [0.1, 0.15) is 0 Å². The summed E-state index contributed by atoms with van der Waals surface area (Å²) in [7, 11) is 0. The third kappa shape index (κ3) is 1.45. The summed E-state index contributed by atoms with van der Waals surface area (Å²) in [6, 6.07) is 0. The molecule has 0 aromatic carbocycles. The van der Waals surface area contributed by atoms with Gasteiger partial charge in [0.2, 0.25) is 0 Å². The van der Waals surface area contributed by atoms with E-state index in [1.54, 1.807) is 25.7 Å². The van der Waals surface area contributed by atoms with Gasteiger partial charge in [-0.3, -0.25) is 0 Å². The summed E-state index contributed by atoms with van der Waals surface area (Å²) in [5.74, 6) is 3.40. The molecule has 0 aromatic heterocycles. The Labute approximate surface area is 70.4 Å². The van der Waals surface area contributed by atoms with Crippen LogP contribution in [0, 0.1) is 17.8 Å². The van der Waals surface area contributed by atoms with E-state index in [-0.39, 0.29) is 0 Å². The molecule has 0 aliphatic heterocycles. The van der Waals surface area contributed by atoms with Crippen LogP contribution in [0.3, 0.4) is 0 Å². The van der Waals surface area contributed by atoms with E-state index < -0.39 is 0 Å². The van der Waals surface area contributed by atoms with Crippen LogP contribution in [0.1, 0.15) is 51.9 Å². The number of rotatable bonds is 1. The van der Waals surface area contributed by atoms with Gasteiger partial charge in [0.25, 0.3) is 0 Å². The predicted molar refractivity (Wildman–Crippen MR) is 48.5 cm³/mol. The van der Waals surface area contributed by atoms with Crippen LogP contribution in [0.2, 0.25) is 0 Å². The van der Waals surface area contributed by atoms with Crippen molar-refractivity contribution in [2.75, 3.05) is 0 Å². The van der Waals surface area contributed by atoms with Gasteiger partial charge in [-0.2, -0.15) is 0 Å². The second-order valence-corrected chi connectivity index (χ2v) is 4.53. The Morgan fingerprint density at radius 1 is 0.818 bits per heavy atom. The Kier molecular flexibility index (Phi) is 2.20. The van der Waals surface area contributed by atoms with Gasteiger partial charge in [0.15, 0.2) is 0 Å². The number of fused-ring (bicyclic) bond motifs is 1. The average molecular weight is 152 g/mol. The summed E-state index contributed by atoms with van der Waals surface area (Å²) in [5.41, 5.74) is 0. The van der Waals surface area contributed by atoms with Crippen molar-refractivity contribution in [2.24, 2.45) is 17.8 Å². The second-order valence-electron chi connectivity index (χ2n) is 4.53. The summed E-state index contributed by atoms with van der Waals surface area (Å²) in [4.78, 5) is 0.